The van der Waals surface area contributed by atoms with Crippen LogP contribution in [0.25, 0.3) is 0 Å². The summed E-state index contributed by atoms with van der Waals surface area (Å²) in [4.78, 5) is 0. The van der Waals surface area contributed by atoms with Crippen LogP contribution < -0.4 is 11.1 Å². The lowest BCUT2D eigenvalue weighted by molar-refractivity contribution is 0.682. The Morgan fingerprint density at radius 3 is 3.17 bits per heavy atom. The van der Waals surface area contributed by atoms with E-state index in [-0.39, 0.29) is 0 Å². The Labute approximate surface area is 72.8 Å². The summed E-state index contributed by atoms with van der Waals surface area (Å²) in [6, 6.07) is 6.67. The molecule has 64 valence electrons. The highest BCUT2D eigenvalue weighted by Gasteiger charge is 2.14. The van der Waals surface area contributed by atoms with Gasteiger partial charge in [0.25, 0.3) is 0 Å². The van der Waals surface area contributed by atoms with Crippen LogP contribution in [0.3, 0.4) is 0 Å². The summed E-state index contributed by atoms with van der Waals surface area (Å²) in [5.74, 6) is 0. The number of benzene rings is 1. The van der Waals surface area contributed by atoms with Crippen LogP contribution in [0.5, 0.6) is 0 Å². The van der Waals surface area contributed by atoms with E-state index in [0.29, 0.717) is 6.04 Å². The fourth-order valence-electron chi connectivity index (χ4n) is 1.69. The molecule has 1 heterocycles. The second kappa shape index (κ2) is 2.70. The molecule has 0 bridgehead atoms. The predicted molar refractivity (Wildman–Crippen MR) is 52.3 cm³/mol. The molecule has 2 rings (SSSR count). The van der Waals surface area contributed by atoms with E-state index in [1.807, 2.05) is 12.1 Å². The van der Waals surface area contributed by atoms with E-state index in [9.17, 15) is 0 Å². The standard InChI is InChI=1S/C10H14N2/c1-7-5-6-8-3-2-4-9(11)10(8)12-7/h2-4,7,12H,5-6,11H2,1H3. The minimum Gasteiger partial charge on any atom is -0.397 e. The van der Waals surface area contributed by atoms with E-state index < -0.39 is 0 Å². The number of rotatable bonds is 0. The largest absolute Gasteiger partial charge is 0.397 e. The molecule has 0 spiro atoms. The number of fused-ring (bicyclic) bond motifs is 1. The van der Waals surface area contributed by atoms with E-state index in [1.54, 1.807) is 0 Å². The van der Waals surface area contributed by atoms with Crippen molar-refractivity contribution >= 4 is 11.4 Å². The predicted octanol–water partition coefficient (Wildman–Crippen LogP) is 2.02. The summed E-state index contributed by atoms with van der Waals surface area (Å²) < 4.78 is 0. The molecule has 0 saturated carbocycles. The van der Waals surface area contributed by atoms with Crippen LogP contribution in [-0.2, 0) is 6.42 Å². The number of nitrogens with two attached hydrogens (primary N) is 1. The number of hydrogen-bond acceptors (Lipinski definition) is 2. The SMILES string of the molecule is CC1CCc2cccc(N)c2N1. The Morgan fingerprint density at radius 2 is 2.33 bits per heavy atom. The van der Waals surface area contributed by atoms with Gasteiger partial charge in [0, 0.05) is 6.04 Å². The smallest absolute Gasteiger partial charge is 0.0608 e. The molecule has 2 nitrogen and oxygen atoms in total. The van der Waals surface area contributed by atoms with Gasteiger partial charge in [-0.2, -0.15) is 0 Å². The third-order valence-electron chi connectivity index (χ3n) is 2.42. The first kappa shape index (κ1) is 7.47. The molecule has 0 amide bonds. The summed E-state index contributed by atoms with van der Waals surface area (Å²) in [5.41, 5.74) is 9.22. The lowest BCUT2D eigenvalue weighted by atomic mass is 9.98. The molecule has 0 radical (unpaired) electrons. The van der Waals surface area contributed by atoms with E-state index in [1.165, 1.54) is 12.0 Å². The van der Waals surface area contributed by atoms with Gasteiger partial charge >= 0.3 is 0 Å². The lowest BCUT2D eigenvalue weighted by Gasteiger charge is -2.25. The molecule has 1 unspecified atom stereocenters. The maximum Gasteiger partial charge on any atom is 0.0608 e. The summed E-state index contributed by atoms with van der Waals surface area (Å²) in [6.45, 7) is 2.19. The molecule has 0 aliphatic carbocycles. The number of hydrogen-bond donors (Lipinski definition) is 2. The van der Waals surface area contributed by atoms with Crippen molar-refractivity contribution in [3.05, 3.63) is 23.8 Å². The van der Waals surface area contributed by atoms with Gasteiger partial charge in [-0.15, -0.1) is 0 Å². The molecular formula is C10H14N2. The van der Waals surface area contributed by atoms with E-state index in [4.69, 9.17) is 5.73 Å². The zero-order valence-corrected chi connectivity index (χ0v) is 7.30. The summed E-state index contributed by atoms with van der Waals surface area (Å²) in [7, 11) is 0. The Bertz CT molecular complexity index is 294. The Balaban J connectivity index is 2.43. The molecule has 1 aromatic rings. The second-order valence-electron chi connectivity index (χ2n) is 3.47. The van der Waals surface area contributed by atoms with Crippen LogP contribution in [0.15, 0.2) is 18.2 Å². The van der Waals surface area contributed by atoms with Crippen LogP contribution in [0.4, 0.5) is 11.4 Å². The van der Waals surface area contributed by atoms with Gasteiger partial charge < -0.3 is 11.1 Å². The van der Waals surface area contributed by atoms with Gasteiger partial charge in [-0.3, -0.25) is 0 Å². The first-order valence-corrected chi connectivity index (χ1v) is 4.41. The van der Waals surface area contributed by atoms with Crippen molar-refractivity contribution in [2.75, 3.05) is 11.1 Å². The molecule has 0 aromatic heterocycles. The van der Waals surface area contributed by atoms with Crippen LogP contribution in [0, 0.1) is 0 Å². The van der Waals surface area contributed by atoms with Crippen molar-refractivity contribution in [3.8, 4) is 0 Å². The van der Waals surface area contributed by atoms with E-state index in [2.05, 4.69) is 18.3 Å². The first-order chi connectivity index (χ1) is 5.77. The number of aryl methyl sites for hydroxylation is 1. The Morgan fingerprint density at radius 1 is 1.50 bits per heavy atom. The average Bonchev–Trinajstić information content (AvgIpc) is 2.07. The number of para-hydroxylation sites is 1. The maximum absolute atomic E-state index is 5.84. The van der Waals surface area contributed by atoms with Crippen LogP contribution >= 0.6 is 0 Å². The normalized spacial score (nSPS) is 21.2. The molecule has 3 N–H and O–H groups in total. The number of anilines is 2. The molecule has 1 atom stereocenters. The molecule has 1 aliphatic rings. The molecule has 0 fully saturated rings. The maximum atomic E-state index is 5.84. The van der Waals surface area contributed by atoms with Gasteiger partial charge in [0.05, 0.1) is 11.4 Å². The topological polar surface area (TPSA) is 38.0 Å². The zero-order valence-electron chi connectivity index (χ0n) is 7.30. The first-order valence-electron chi connectivity index (χ1n) is 4.41. The Hall–Kier alpha value is -1.18. The highest BCUT2D eigenvalue weighted by atomic mass is 14.9. The lowest BCUT2D eigenvalue weighted by Crippen LogP contribution is -2.22. The van der Waals surface area contributed by atoms with Crippen molar-refractivity contribution in [1.29, 1.82) is 0 Å². The van der Waals surface area contributed by atoms with Crippen molar-refractivity contribution in [1.82, 2.24) is 0 Å². The summed E-state index contributed by atoms with van der Waals surface area (Å²) in [5, 5.41) is 3.40. The van der Waals surface area contributed by atoms with Crippen LogP contribution in [0.2, 0.25) is 0 Å². The Kier molecular flexibility index (Phi) is 1.68. The van der Waals surface area contributed by atoms with E-state index in [0.717, 1.165) is 17.8 Å². The molecule has 0 saturated heterocycles. The molecule has 1 aromatic carbocycles. The highest BCUT2D eigenvalue weighted by molar-refractivity contribution is 5.71. The second-order valence-corrected chi connectivity index (χ2v) is 3.47. The fourth-order valence-corrected chi connectivity index (χ4v) is 1.69. The molecule has 1 aliphatic heterocycles. The average molecular weight is 162 g/mol. The van der Waals surface area contributed by atoms with Gasteiger partial charge in [0.2, 0.25) is 0 Å². The number of nitrogens with one attached hydrogen (secondary N) is 1. The van der Waals surface area contributed by atoms with Gasteiger partial charge in [-0.1, -0.05) is 12.1 Å². The third-order valence-corrected chi connectivity index (χ3v) is 2.42. The fraction of sp³-hybridized carbons (Fsp3) is 0.400. The monoisotopic (exact) mass is 162 g/mol. The zero-order chi connectivity index (χ0) is 8.55. The molecule has 12 heavy (non-hydrogen) atoms. The summed E-state index contributed by atoms with van der Waals surface area (Å²) >= 11 is 0. The van der Waals surface area contributed by atoms with Gasteiger partial charge in [-0.05, 0) is 31.4 Å². The van der Waals surface area contributed by atoms with Crippen LogP contribution in [0.1, 0.15) is 18.9 Å². The quantitative estimate of drug-likeness (QED) is 0.573. The van der Waals surface area contributed by atoms with Crippen molar-refractivity contribution in [2.45, 2.75) is 25.8 Å². The van der Waals surface area contributed by atoms with Gasteiger partial charge in [0.1, 0.15) is 0 Å². The number of nitrogen functional groups attached to an aromatic ring is 1. The molecule has 2 heteroatoms. The van der Waals surface area contributed by atoms with Crippen molar-refractivity contribution in [3.63, 3.8) is 0 Å². The molecular weight excluding hydrogens is 148 g/mol. The summed E-state index contributed by atoms with van der Waals surface area (Å²) in [6.07, 6.45) is 2.35. The van der Waals surface area contributed by atoms with Crippen molar-refractivity contribution in [2.24, 2.45) is 0 Å². The van der Waals surface area contributed by atoms with Crippen LogP contribution in [-0.4, -0.2) is 6.04 Å². The third kappa shape index (κ3) is 1.13. The van der Waals surface area contributed by atoms with E-state index >= 15 is 0 Å². The van der Waals surface area contributed by atoms with Gasteiger partial charge in [0.15, 0.2) is 0 Å². The minimum atomic E-state index is 0.558. The highest BCUT2D eigenvalue weighted by Crippen LogP contribution is 2.29. The van der Waals surface area contributed by atoms with Crippen molar-refractivity contribution < 1.29 is 0 Å². The van der Waals surface area contributed by atoms with Gasteiger partial charge in [-0.25, -0.2) is 0 Å². The minimum absolute atomic E-state index is 0.558.